The Kier molecular flexibility index (Phi) is 6.77. The highest BCUT2D eigenvalue weighted by Crippen LogP contribution is 2.39. The highest BCUT2D eigenvalue weighted by Gasteiger charge is 2.37. The molecule has 1 fully saturated rings. The number of nitrogens with zero attached hydrogens (tertiary/aromatic N) is 2. The lowest BCUT2D eigenvalue weighted by molar-refractivity contribution is -0.127. The van der Waals surface area contributed by atoms with Crippen LogP contribution in [0.2, 0.25) is 0 Å². The van der Waals surface area contributed by atoms with E-state index in [-0.39, 0.29) is 17.6 Å². The van der Waals surface area contributed by atoms with Crippen LogP contribution in [0.25, 0.3) is 11.3 Å². The van der Waals surface area contributed by atoms with E-state index >= 15 is 0 Å². The van der Waals surface area contributed by atoms with Crippen LogP contribution in [0.4, 0.5) is 15.8 Å². The van der Waals surface area contributed by atoms with Gasteiger partial charge in [-0.2, -0.15) is 0 Å². The zero-order valence-corrected chi connectivity index (χ0v) is 21.6. The van der Waals surface area contributed by atoms with E-state index < -0.39 is 5.54 Å². The third kappa shape index (κ3) is 4.45. The summed E-state index contributed by atoms with van der Waals surface area (Å²) < 4.78 is 14.6. The van der Waals surface area contributed by atoms with E-state index in [0.29, 0.717) is 59.7 Å². The van der Waals surface area contributed by atoms with Crippen molar-refractivity contribution in [1.82, 2.24) is 20.2 Å². The highest BCUT2D eigenvalue weighted by molar-refractivity contribution is 6.06. The first kappa shape index (κ1) is 25.3. The average Bonchev–Trinajstić information content (AvgIpc) is 3.49. The quantitative estimate of drug-likeness (QED) is 0.341. The molecule has 0 aliphatic carbocycles. The van der Waals surface area contributed by atoms with Crippen LogP contribution < -0.4 is 10.6 Å². The maximum atomic E-state index is 14.6. The second kappa shape index (κ2) is 10.2. The lowest BCUT2D eigenvalue weighted by Crippen LogP contribution is -2.43. The zero-order valence-electron chi connectivity index (χ0n) is 21.6. The van der Waals surface area contributed by atoms with Crippen LogP contribution in [-0.4, -0.2) is 45.3 Å². The molecule has 4 heterocycles. The molecular weight excluding hydrogens is 481 g/mol. The number of rotatable bonds is 5. The number of halogens is 1. The summed E-state index contributed by atoms with van der Waals surface area (Å²) in [5.74, 6) is 5.96. The summed E-state index contributed by atoms with van der Waals surface area (Å²) in [6, 6.07) is 6.74. The van der Waals surface area contributed by atoms with Crippen LogP contribution in [0.3, 0.4) is 0 Å². The van der Waals surface area contributed by atoms with Gasteiger partial charge in [0.25, 0.3) is 5.91 Å². The Morgan fingerprint density at radius 2 is 2.21 bits per heavy atom. The van der Waals surface area contributed by atoms with Crippen molar-refractivity contribution in [3.05, 3.63) is 77.5 Å². The van der Waals surface area contributed by atoms with Crippen molar-refractivity contribution in [1.29, 1.82) is 0 Å². The average molecular weight is 512 g/mol. The predicted octanol–water partition coefficient (Wildman–Crippen LogP) is 4.73. The summed E-state index contributed by atoms with van der Waals surface area (Å²) in [6.45, 7) is 8.65. The van der Waals surface area contributed by atoms with Gasteiger partial charge in [0.2, 0.25) is 5.91 Å². The minimum atomic E-state index is -0.619. The summed E-state index contributed by atoms with van der Waals surface area (Å²) in [7, 11) is 0. The van der Waals surface area contributed by atoms with Gasteiger partial charge in [0, 0.05) is 54.4 Å². The molecule has 0 radical (unpaired) electrons. The second-order valence-electron chi connectivity index (χ2n) is 9.72. The molecule has 0 saturated carbocycles. The van der Waals surface area contributed by atoms with Crippen molar-refractivity contribution in [2.24, 2.45) is 0 Å². The maximum Gasteiger partial charge on any atom is 0.255 e. The normalized spacial score (nSPS) is 18.3. The molecule has 1 saturated heterocycles. The number of H-pyrrole nitrogens is 1. The van der Waals surface area contributed by atoms with E-state index in [0.717, 1.165) is 24.1 Å². The van der Waals surface area contributed by atoms with E-state index in [4.69, 9.17) is 0 Å². The van der Waals surface area contributed by atoms with Crippen molar-refractivity contribution in [2.75, 3.05) is 18.4 Å². The first-order valence-corrected chi connectivity index (χ1v) is 12.9. The zero-order chi connectivity index (χ0) is 26.9. The predicted molar refractivity (Wildman–Crippen MR) is 146 cm³/mol. The summed E-state index contributed by atoms with van der Waals surface area (Å²) >= 11 is 0. The molecule has 8 heteroatoms. The Balaban J connectivity index is 1.63. The van der Waals surface area contributed by atoms with Crippen LogP contribution in [0.5, 0.6) is 0 Å². The molecule has 2 aromatic heterocycles. The van der Waals surface area contributed by atoms with Crippen LogP contribution in [0, 0.1) is 17.7 Å². The van der Waals surface area contributed by atoms with Gasteiger partial charge in [0.15, 0.2) is 0 Å². The highest BCUT2D eigenvalue weighted by atomic mass is 19.1. The van der Waals surface area contributed by atoms with Gasteiger partial charge in [-0.05, 0) is 50.5 Å². The fraction of sp³-hybridized carbons (Fsp3) is 0.300. The summed E-state index contributed by atoms with van der Waals surface area (Å²) in [4.78, 5) is 34.9. The molecule has 1 atom stereocenters. The number of aromatic nitrogens is 2. The maximum absolute atomic E-state index is 14.6. The number of anilines is 2. The van der Waals surface area contributed by atoms with Gasteiger partial charge in [0.1, 0.15) is 11.4 Å². The van der Waals surface area contributed by atoms with Gasteiger partial charge in [-0.3, -0.25) is 14.6 Å². The largest absolute Gasteiger partial charge is 0.356 e. The molecule has 0 unspecified atom stereocenters. The van der Waals surface area contributed by atoms with Crippen molar-refractivity contribution in [3.8, 4) is 23.1 Å². The molecule has 7 nitrogen and oxygen atoms in total. The van der Waals surface area contributed by atoms with E-state index in [1.807, 2.05) is 26.0 Å². The number of benzene rings is 1. The number of hydrogen-bond donors (Lipinski definition) is 3. The van der Waals surface area contributed by atoms with Crippen LogP contribution in [0.15, 0.2) is 49.3 Å². The number of likely N-dealkylation sites (tertiary alicyclic amines) is 1. The van der Waals surface area contributed by atoms with Gasteiger partial charge in [-0.1, -0.05) is 31.4 Å². The minimum absolute atomic E-state index is 0.137. The second-order valence-corrected chi connectivity index (χ2v) is 9.72. The van der Waals surface area contributed by atoms with Gasteiger partial charge in [-0.25, -0.2) is 4.39 Å². The summed E-state index contributed by atoms with van der Waals surface area (Å²) in [5.41, 5.74) is 4.52. The molecule has 38 heavy (non-hydrogen) atoms. The number of carbonyl (C=O) groups is 2. The van der Waals surface area contributed by atoms with Crippen molar-refractivity contribution < 1.29 is 14.0 Å². The number of hydrogen-bond acceptors (Lipinski definition) is 4. The first-order valence-electron chi connectivity index (χ1n) is 12.9. The molecule has 5 rings (SSSR count). The monoisotopic (exact) mass is 511 g/mol. The van der Waals surface area contributed by atoms with E-state index in [1.165, 1.54) is 12.1 Å². The Bertz CT molecular complexity index is 1500. The number of amides is 2. The number of pyridine rings is 1. The molecule has 2 amide bonds. The Hall–Kier alpha value is -4.38. The molecule has 0 spiro atoms. The molecule has 2 aliphatic rings. The van der Waals surface area contributed by atoms with Crippen LogP contribution in [0.1, 0.15) is 53.9 Å². The Morgan fingerprint density at radius 3 is 3.00 bits per heavy atom. The standard InChI is InChI=1S/C30H30FN5O2/c1-4-20-22(31)8-6-9-23(20)34-28-26-24(12-16-33-29(26)38)35-27(28)21-11-15-32-18-19(21)10-14-30(3)13-7-17-36(30)25(37)5-2/h5-6,8-9,11,15,18,34-35H,2,4,7,12-13,16-17H2,1,3H3,(H,33,38)/t30-/m1/s1. The minimum Gasteiger partial charge on any atom is -0.356 e. The van der Waals surface area contributed by atoms with Crippen molar-refractivity contribution in [3.63, 3.8) is 0 Å². The fourth-order valence-electron chi connectivity index (χ4n) is 5.35. The molecule has 194 valence electrons. The SMILES string of the molecule is C=CC(=O)N1CCC[C@]1(C)C#Cc1cnccc1-c1[nH]c2c(c1Nc1cccc(F)c1CC)C(=O)NCC2. The molecule has 2 aliphatic heterocycles. The number of fused-ring (bicyclic) bond motifs is 1. The van der Waals surface area contributed by atoms with Crippen molar-refractivity contribution >= 4 is 23.2 Å². The van der Waals surface area contributed by atoms with Gasteiger partial charge < -0.3 is 20.5 Å². The summed E-state index contributed by atoms with van der Waals surface area (Å²) in [6.07, 6.45) is 7.45. The van der Waals surface area contributed by atoms with E-state index in [9.17, 15) is 14.0 Å². The van der Waals surface area contributed by atoms with Gasteiger partial charge >= 0.3 is 0 Å². The number of aromatic amines is 1. The van der Waals surface area contributed by atoms with Crippen LogP contribution in [-0.2, 0) is 17.6 Å². The number of carbonyl (C=O) groups excluding carboxylic acids is 2. The fourth-order valence-corrected chi connectivity index (χ4v) is 5.35. The topological polar surface area (TPSA) is 90.1 Å². The molecule has 1 aromatic carbocycles. The third-order valence-corrected chi connectivity index (χ3v) is 7.34. The van der Waals surface area contributed by atoms with Crippen molar-refractivity contribution in [2.45, 2.75) is 45.1 Å². The Labute approximate surface area is 221 Å². The summed E-state index contributed by atoms with van der Waals surface area (Å²) in [5, 5.41) is 6.28. The third-order valence-electron chi connectivity index (χ3n) is 7.34. The molecule has 0 bridgehead atoms. The molecule has 3 N–H and O–H groups in total. The smallest absolute Gasteiger partial charge is 0.255 e. The van der Waals surface area contributed by atoms with Crippen LogP contribution >= 0.6 is 0 Å². The van der Waals surface area contributed by atoms with Gasteiger partial charge in [-0.15, -0.1) is 0 Å². The van der Waals surface area contributed by atoms with E-state index in [1.54, 1.807) is 23.4 Å². The molecular formula is C30H30FN5O2. The van der Waals surface area contributed by atoms with Gasteiger partial charge in [0.05, 0.1) is 22.5 Å². The molecule has 3 aromatic rings. The first-order chi connectivity index (χ1) is 18.4. The Morgan fingerprint density at radius 1 is 1.37 bits per heavy atom. The number of nitrogens with one attached hydrogen (secondary N) is 3. The lowest BCUT2D eigenvalue weighted by atomic mass is 9.97. The lowest BCUT2D eigenvalue weighted by Gasteiger charge is -2.29. The van der Waals surface area contributed by atoms with E-state index in [2.05, 4.69) is 39.0 Å².